The molecule has 0 unspecified atom stereocenters. The van der Waals surface area contributed by atoms with E-state index in [2.05, 4.69) is 4.98 Å². The Labute approximate surface area is 120 Å². The Bertz CT molecular complexity index is 388. The number of carbonyl (C=O) groups excluding carboxylic acids is 1. The highest BCUT2D eigenvalue weighted by Gasteiger charge is 2.14. The summed E-state index contributed by atoms with van der Waals surface area (Å²) < 4.78 is 5.27. The molecule has 0 radical (unpaired) electrons. The molecule has 1 aromatic heterocycles. The first-order valence-corrected chi connectivity index (χ1v) is 6.24. The summed E-state index contributed by atoms with van der Waals surface area (Å²) in [7, 11) is 0. The maximum Gasteiger partial charge on any atom is 0.254 e. The van der Waals surface area contributed by atoms with Gasteiger partial charge in [-0.25, -0.2) is 0 Å². The second-order valence-corrected chi connectivity index (χ2v) is 3.82. The van der Waals surface area contributed by atoms with Crippen LogP contribution in [0.4, 0.5) is 0 Å². The van der Waals surface area contributed by atoms with E-state index in [4.69, 9.17) is 10.5 Å². The minimum atomic E-state index is -0.00527. The van der Waals surface area contributed by atoms with Crippen LogP contribution in [0.5, 0.6) is 0 Å². The number of ether oxygens (including phenoxy) is 1. The smallest absolute Gasteiger partial charge is 0.254 e. The summed E-state index contributed by atoms with van der Waals surface area (Å²) in [5.41, 5.74) is 6.87. The third-order valence-corrected chi connectivity index (χ3v) is 2.65. The van der Waals surface area contributed by atoms with E-state index in [9.17, 15) is 4.79 Å². The second-order valence-electron chi connectivity index (χ2n) is 3.82. The van der Waals surface area contributed by atoms with Crippen LogP contribution < -0.4 is 5.73 Å². The summed E-state index contributed by atoms with van der Waals surface area (Å²) in [6, 6.07) is 3.45. The standard InChI is InChI=1S/C13H21N3O2.ClH/c1-3-16(7-8-18-4-2)13(17)11-5-6-15-12(9-11)10-14;/h5-6,9H,3-4,7-8,10,14H2,1-2H3;1H. The Hall–Kier alpha value is -1.17. The van der Waals surface area contributed by atoms with Crippen molar-refractivity contribution in [3.63, 3.8) is 0 Å². The fourth-order valence-electron chi connectivity index (χ4n) is 1.63. The van der Waals surface area contributed by atoms with E-state index in [1.165, 1.54) is 0 Å². The summed E-state index contributed by atoms with van der Waals surface area (Å²) in [4.78, 5) is 18.1. The molecular formula is C13H22ClN3O2. The molecule has 0 aliphatic carbocycles. The van der Waals surface area contributed by atoms with Crippen molar-refractivity contribution in [1.29, 1.82) is 0 Å². The predicted molar refractivity (Wildman–Crippen MR) is 77.4 cm³/mol. The molecule has 0 spiro atoms. The zero-order valence-corrected chi connectivity index (χ0v) is 12.3. The highest BCUT2D eigenvalue weighted by atomic mass is 35.5. The van der Waals surface area contributed by atoms with Crippen LogP contribution in [0.2, 0.25) is 0 Å². The van der Waals surface area contributed by atoms with E-state index in [1.54, 1.807) is 23.2 Å². The maximum atomic E-state index is 12.2. The van der Waals surface area contributed by atoms with Crippen molar-refractivity contribution >= 4 is 18.3 Å². The van der Waals surface area contributed by atoms with Crippen LogP contribution in [0.25, 0.3) is 0 Å². The first kappa shape index (κ1) is 17.8. The third-order valence-electron chi connectivity index (χ3n) is 2.65. The van der Waals surface area contributed by atoms with Crippen molar-refractivity contribution < 1.29 is 9.53 Å². The summed E-state index contributed by atoms with van der Waals surface area (Å²) in [5.74, 6) is -0.00527. The van der Waals surface area contributed by atoms with Gasteiger partial charge in [0, 0.05) is 38.0 Å². The molecule has 5 nitrogen and oxygen atoms in total. The van der Waals surface area contributed by atoms with E-state index >= 15 is 0 Å². The third kappa shape index (κ3) is 5.55. The lowest BCUT2D eigenvalue weighted by atomic mass is 10.2. The molecule has 0 bridgehead atoms. The minimum Gasteiger partial charge on any atom is -0.380 e. The molecule has 0 aromatic carbocycles. The summed E-state index contributed by atoms with van der Waals surface area (Å²) in [5, 5.41) is 0. The summed E-state index contributed by atoms with van der Waals surface area (Å²) in [6.07, 6.45) is 1.62. The lowest BCUT2D eigenvalue weighted by Crippen LogP contribution is -2.34. The van der Waals surface area contributed by atoms with Gasteiger partial charge in [0.05, 0.1) is 12.3 Å². The first-order chi connectivity index (χ1) is 8.72. The molecule has 19 heavy (non-hydrogen) atoms. The number of pyridine rings is 1. The van der Waals surface area contributed by atoms with Gasteiger partial charge in [-0.1, -0.05) is 0 Å². The molecule has 0 saturated heterocycles. The quantitative estimate of drug-likeness (QED) is 0.771. The zero-order valence-electron chi connectivity index (χ0n) is 11.5. The molecule has 6 heteroatoms. The van der Waals surface area contributed by atoms with Crippen molar-refractivity contribution in [3.05, 3.63) is 29.6 Å². The number of nitrogens with zero attached hydrogens (tertiary/aromatic N) is 2. The molecule has 0 aliphatic heterocycles. The molecule has 1 heterocycles. The molecule has 0 fully saturated rings. The fraction of sp³-hybridized carbons (Fsp3) is 0.538. The zero-order chi connectivity index (χ0) is 13.4. The van der Waals surface area contributed by atoms with Gasteiger partial charge in [0.2, 0.25) is 0 Å². The van der Waals surface area contributed by atoms with Crippen molar-refractivity contribution in [2.45, 2.75) is 20.4 Å². The Morgan fingerprint density at radius 2 is 2.21 bits per heavy atom. The molecule has 0 saturated carbocycles. The highest BCUT2D eigenvalue weighted by molar-refractivity contribution is 5.94. The maximum absolute atomic E-state index is 12.2. The van der Waals surface area contributed by atoms with Gasteiger partial charge in [-0.3, -0.25) is 9.78 Å². The normalized spacial score (nSPS) is 9.84. The van der Waals surface area contributed by atoms with Gasteiger partial charge >= 0.3 is 0 Å². The van der Waals surface area contributed by atoms with E-state index < -0.39 is 0 Å². The monoisotopic (exact) mass is 287 g/mol. The first-order valence-electron chi connectivity index (χ1n) is 6.24. The van der Waals surface area contributed by atoms with Crippen molar-refractivity contribution in [2.24, 2.45) is 5.73 Å². The number of halogens is 1. The van der Waals surface area contributed by atoms with Gasteiger partial charge in [-0.2, -0.15) is 0 Å². The van der Waals surface area contributed by atoms with Crippen LogP contribution in [-0.4, -0.2) is 42.1 Å². The topological polar surface area (TPSA) is 68.5 Å². The van der Waals surface area contributed by atoms with Gasteiger partial charge in [-0.05, 0) is 26.0 Å². The number of amides is 1. The molecule has 2 N–H and O–H groups in total. The Morgan fingerprint density at radius 1 is 1.47 bits per heavy atom. The molecule has 108 valence electrons. The van der Waals surface area contributed by atoms with Crippen LogP contribution in [-0.2, 0) is 11.3 Å². The molecule has 1 rings (SSSR count). The molecule has 1 aromatic rings. The SMILES string of the molecule is CCOCCN(CC)C(=O)c1ccnc(CN)c1.Cl. The van der Waals surface area contributed by atoms with Gasteiger partial charge < -0.3 is 15.4 Å². The molecular weight excluding hydrogens is 266 g/mol. The lowest BCUT2D eigenvalue weighted by Gasteiger charge is -2.20. The number of hydrogen-bond donors (Lipinski definition) is 1. The van der Waals surface area contributed by atoms with Crippen LogP contribution in [0.15, 0.2) is 18.3 Å². The van der Waals surface area contributed by atoms with Gasteiger partial charge in [0.15, 0.2) is 0 Å². The van der Waals surface area contributed by atoms with Crippen LogP contribution in [0, 0.1) is 0 Å². The number of hydrogen-bond acceptors (Lipinski definition) is 4. The van der Waals surface area contributed by atoms with Crippen molar-refractivity contribution in [3.8, 4) is 0 Å². The van der Waals surface area contributed by atoms with Gasteiger partial charge in [0.25, 0.3) is 5.91 Å². The molecule has 0 atom stereocenters. The van der Waals surface area contributed by atoms with E-state index in [0.29, 0.717) is 38.4 Å². The summed E-state index contributed by atoms with van der Waals surface area (Å²) >= 11 is 0. The Kier molecular flexibility index (Phi) is 9.12. The number of aromatic nitrogens is 1. The number of rotatable bonds is 7. The van der Waals surface area contributed by atoms with Crippen LogP contribution in [0.3, 0.4) is 0 Å². The Morgan fingerprint density at radius 3 is 2.79 bits per heavy atom. The van der Waals surface area contributed by atoms with E-state index in [-0.39, 0.29) is 18.3 Å². The van der Waals surface area contributed by atoms with Gasteiger partial charge in [-0.15, -0.1) is 12.4 Å². The molecule has 1 amide bonds. The van der Waals surface area contributed by atoms with Crippen molar-refractivity contribution in [2.75, 3.05) is 26.3 Å². The van der Waals surface area contributed by atoms with E-state index in [1.807, 2.05) is 13.8 Å². The van der Waals surface area contributed by atoms with Crippen LogP contribution >= 0.6 is 12.4 Å². The van der Waals surface area contributed by atoms with Gasteiger partial charge in [0.1, 0.15) is 0 Å². The Balaban J connectivity index is 0.00000324. The van der Waals surface area contributed by atoms with E-state index in [0.717, 1.165) is 5.69 Å². The fourth-order valence-corrected chi connectivity index (χ4v) is 1.63. The summed E-state index contributed by atoms with van der Waals surface area (Å²) in [6.45, 7) is 6.72. The lowest BCUT2D eigenvalue weighted by molar-refractivity contribution is 0.0669. The largest absolute Gasteiger partial charge is 0.380 e. The minimum absolute atomic E-state index is 0. The van der Waals surface area contributed by atoms with Crippen molar-refractivity contribution in [1.82, 2.24) is 9.88 Å². The average molecular weight is 288 g/mol. The highest BCUT2D eigenvalue weighted by Crippen LogP contribution is 2.06. The average Bonchev–Trinajstić information content (AvgIpc) is 2.43. The second kappa shape index (κ2) is 9.72. The number of nitrogens with two attached hydrogens (primary N) is 1. The van der Waals surface area contributed by atoms with Crippen LogP contribution in [0.1, 0.15) is 29.9 Å². The number of likely N-dealkylation sites (N-methyl/N-ethyl adjacent to an activating group) is 1. The molecule has 0 aliphatic rings. The predicted octanol–water partition coefficient (Wildman–Crippen LogP) is 1.46. The number of carbonyl (C=O) groups is 1.